The Morgan fingerprint density at radius 2 is 1.80 bits per heavy atom. The predicted octanol–water partition coefficient (Wildman–Crippen LogP) is 4.91. The molecule has 35 heavy (non-hydrogen) atoms. The van der Waals surface area contributed by atoms with Crippen molar-refractivity contribution in [2.24, 2.45) is 0 Å². The summed E-state index contributed by atoms with van der Waals surface area (Å²) in [5, 5.41) is 2.94. The van der Waals surface area contributed by atoms with Gasteiger partial charge in [0.1, 0.15) is 6.54 Å². The Labute approximate surface area is 203 Å². The summed E-state index contributed by atoms with van der Waals surface area (Å²) in [6.45, 7) is 5.83. The van der Waals surface area contributed by atoms with Crippen LogP contribution in [0.3, 0.4) is 0 Å². The lowest BCUT2D eigenvalue weighted by Crippen LogP contribution is -2.28. The van der Waals surface area contributed by atoms with Crippen LogP contribution in [0.15, 0.2) is 65.5 Å². The molecule has 5 rings (SSSR count). The molecule has 0 saturated carbocycles. The second-order valence-electron chi connectivity index (χ2n) is 8.89. The summed E-state index contributed by atoms with van der Waals surface area (Å²) in [5.74, 6) is 1.23. The number of nitrogens with zero attached hydrogens (tertiary/aromatic N) is 2. The molecule has 1 aromatic heterocycles. The van der Waals surface area contributed by atoms with E-state index in [2.05, 4.69) is 5.32 Å². The van der Waals surface area contributed by atoms with Crippen molar-refractivity contribution in [2.75, 3.05) is 12.4 Å². The number of ether oxygens (including phenoxy) is 2. The molecule has 7 heteroatoms. The molecule has 4 aromatic rings. The zero-order chi connectivity index (χ0) is 24.7. The van der Waals surface area contributed by atoms with Crippen molar-refractivity contribution in [3.63, 3.8) is 0 Å². The van der Waals surface area contributed by atoms with Crippen LogP contribution in [-0.2, 0) is 17.8 Å². The van der Waals surface area contributed by atoms with Crippen LogP contribution in [0.25, 0.3) is 5.69 Å². The number of hydrogen-bond acceptors (Lipinski definition) is 4. The summed E-state index contributed by atoms with van der Waals surface area (Å²) in [6.07, 6.45) is 0.387. The molecule has 0 unspecified atom stereocenters. The van der Waals surface area contributed by atoms with E-state index < -0.39 is 0 Å². The highest BCUT2D eigenvalue weighted by Gasteiger charge is 2.31. The van der Waals surface area contributed by atoms with Gasteiger partial charge < -0.3 is 14.8 Å². The number of methoxy groups -OCH3 is 1. The Hall–Kier alpha value is -4.26. The molecule has 0 atom stereocenters. The van der Waals surface area contributed by atoms with Gasteiger partial charge in [0.05, 0.1) is 18.4 Å². The average molecular weight is 470 g/mol. The van der Waals surface area contributed by atoms with Crippen molar-refractivity contribution in [1.82, 2.24) is 9.36 Å². The van der Waals surface area contributed by atoms with Gasteiger partial charge in [0.2, 0.25) is 11.8 Å². The van der Waals surface area contributed by atoms with Crippen molar-refractivity contribution in [3.8, 4) is 23.1 Å². The maximum Gasteiger partial charge on any atom is 0.278 e. The van der Waals surface area contributed by atoms with Gasteiger partial charge in [0, 0.05) is 17.7 Å². The number of amides is 1. The third-order valence-corrected chi connectivity index (χ3v) is 6.21. The number of nitrogens with one attached hydrogen (secondary N) is 1. The van der Waals surface area contributed by atoms with Gasteiger partial charge in [-0.2, -0.15) is 0 Å². The lowest BCUT2D eigenvalue weighted by Gasteiger charge is -2.21. The minimum absolute atomic E-state index is 0.101. The first kappa shape index (κ1) is 22.5. The second-order valence-corrected chi connectivity index (χ2v) is 8.89. The zero-order valence-electron chi connectivity index (χ0n) is 20.2. The maximum absolute atomic E-state index is 13.7. The molecule has 0 saturated heterocycles. The molecular weight excluding hydrogens is 442 g/mol. The normalized spacial score (nSPS) is 11.9. The number of fused-ring (bicyclic) bond motifs is 2. The fraction of sp³-hybridized carbons (Fsp3) is 0.214. The highest BCUT2D eigenvalue weighted by molar-refractivity contribution is 5.90. The van der Waals surface area contributed by atoms with Gasteiger partial charge in [-0.3, -0.25) is 9.59 Å². The molecule has 0 fully saturated rings. The molecule has 0 aliphatic carbocycles. The third kappa shape index (κ3) is 4.10. The summed E-state index contributed by atoms with van der Waals surface area (Å²) in [7, 11) is 1.58. The van der Waals surface area contributed by atoms with Crippen LogP contribution in [0.1, 0.15) is 27.8 Å². The van der Waals surface area contributed by atoms with Crippen LogP contribution in [0, 0.1) is 20.8 Å². The molecule has 7 nitrogen and oxygen atoms in total. The number of aromatic nitrogens is 2. The largest absolute Gasteiger partial charge is 0.493 e. The first-order chi connectivity index (χ1) is 16.9. The van der Waals surface area contributed by atoms with E-state index in [9.17, 15) is 9.59 Å². The van der Waals surface area contributed by atoms with E-state index in [0.29, 0.717) is 40.7 Å². The van der Waals surface area contributed by atoms with Crippen LogP contribution < -0.4 is 20.3 Å². The van der Waals surface area contributed by atoms with Gasteiger partial charge >= 0.3 is 0 Å². The molecule has 0 radical (unpaired) electrons. The van der Waals surface area contributed by atoms with Crippen LogP contribution in [0.2, 0.25) is 0 Å². The van der Waals surface area contributed by atoms with Crippen LogP contribution in [0.4, 0.5) is 5.69 Å². The van der Waals surface area contributed by atoms with Gasteiger partial charge in [-0.15, -0.1) is 0 Å². The average Bonchev–Trinajstić information content (AvgIpc) is 3.08. The topological polar surface area (TPSA) is 74.5 Å². The number of carbonyl (C=O) groups is 1. The van der Waals surface area contributed by atoms with Gasteiger partial charge in [-0.05, 0) is 56.2 Å². The molecule has 1 aliphatic rings. The fourth-order valence-corrected chi connectivity index (χ4v) is 4.59. The Kier molecular flexibility index (Phi) is 5.68. The van der Waals surface area contributed by atoms with Crippen molar-refractivity contribution >= 4 is 11.6 Å². The van der Waals surface area contributed by atoms with Gasteiger partial charge in [-0.25, -0.2) is 9.36 Å². The monoisotopic (exact) mass is 469 g/mol. The smallest absolute Gasteiger partial charge is 0.278 e. The van der Waals surface area contributed by atoms with E-state index >= 15 is 0 Å². The van der Waals surface area contributed by atoms with E-state index in [1.165, 1.54) is 0 Å². The highest BCUT2D eigenvalue weighted by atomic mass is 16.5. The van der Waals surface area contributed by atoms with Gasteiger partial charge in [0.25, 0.3) is 5.56 Å². The first-order valence-electron chi connectivity index (χ1n) is 11.5. The molecule has 1 amide bonds. The number of rotatable bonds is 5. The summed E-state index contributed by atoms with van der Waals surface area (Å²) < 4.78 is 14.9. The number of benzene rings is 3. The fourth-order valence-electron chi connectivity index (χ4n) is 4.59. The lowest BCUT2D eigenvalue weighted by molar-refractivity contribution is -0.117. The Balaban J connectivity index is 1.63. The quantitative estimate of drug-likeness (QED) is 0.397. The van der Waals surface area contributed by atoms with E-state index in [0.717, 1.165) is 22.3 Å². The standard InChI is InChI=1S/C28H27N3O4/c1-17-7-5-9-21(14-17)29-25(32)16-30-28-22(15-20-8-6-10-24(34-4)26(20)35-28)27(33)31(30)23-12-11-18(2)13-19(23)3/h5-14H,15-16H2,1-4H3,(H,29,32). The van der Waals surface area contributed by atoms with E-state index in [1.807, 2.05) is 81.4 Å². The zero-order valence-corrected chi connectivity index (χ0v) is 20.2. The molecular formula is C28H27N3O4. The van der Waals surface area contributed by atoms with Crippen molar-refractivity contribution in [3.05, 3.63) is 98.8 Å². The molecule has 0 spiro atoms. The van der Waals surface area contributed by atoms with Crippen LogP contribution >= 0.6 is 0 Å². The number of anilines is 1. The van der Waals surface area contributed by atoms with Crippen LogP contribution in [0.5, 0.6) is 17.4 Å². The predicted molar refractivity (Wildman–Crippen MR) is 135 cm³/mol. The van der Waals surface area contributed by atoms with Crippen LogP contribution in [-0.4, -0.2) is 22.4 Å². The highest BCUT2D eigenvalue weighted by Crippen LogP contribution is 2.42. The van der Waals surface area contributed by atoms with E-state index in [4.69, 9.17) is 9.47 Å². The number of para-hydroxylation sites is 1. The van der Waals surface area contributed by atoms with E-state index in [-0.39, 0.29) is 18.0 Å². The van der Waals surface area contributed by atoms with E-state index in [1.54, 1.807) is 16.5 Å². The minimum Gasteiger partial charge on any atom is -0.493 e. The number of hydrogen-bond donors (Lipinski definition) is 1. The Bertz CT molecular complexity index is 1510. The molecule has 178 valence electrons. The summed E-state index contributed by atoms with van der Waals surface area (Å²) in [4.78, 5) is 26.9. The summed E-state index contributed by atoms with van der Waals surface area (Å²) >= 11 is 0. The molecule has 3 aromatic carbocycles. The maximum atomic E-state index is 13.7. The SMILES string of the molecule is COc1cccc2c1Oc1c(c(=O)n(-c3ccc(C)cc3C)n1CC(=O)Nc1cccc(C)c1)C2. The van der Waals surface area contributed by atoms with Crippen molar-refractivity contribution in [1.29, 1.82) is 0 Å². The molecule has 0 bridgehead atoms. The van der Waals surface area contributed by atoms with Gasteiger partial charge in [-0.1, -0.05) is 42.0 Å². The Morgan fingerprint density at radius 3 is 2.54 bits per heavy atom. The van der Waals surface area contributed by atoms with Crippen molar-refractivity contribution < 1.29 is 14.3 Å². The first-order valence-corrected chi connectivity index (χ1v) is 11.5. The molecule has 2 heterocycles. The number of carbonyl (C=O) groups excluding carboxylic acids is 1. The van der Waals surface area contributed by atoms with Gasteiger partial charge in [0.15, 0.2) is 11.5 Å². The summed E-state index contributed by atoms with van der Waals surface area (Å²) in [6, 6.07) is 19.1. The molecule has 1 N–H and O–H groups in total. The second kappa shape index (κ2) is 8.83. The Morgan fingerprint density at radius 1 is 1.03 bits per heavy atom. The number of aryl methyl sites for hydroxylation is 3. The lowest BCUT2D eigenvalue weighted by atomic mass is 10.0. The molecule has 1 aliphatic heterocycles. The minimum atomic E-state index is -0.263. The summed E-state index contributed by atoms with van der Waals surface area (Å²) in [5.41, 5.74) is 5.63. The third-order valence-electron chi connectivity index (χ3n) is 6.21. The van der Waals surface area contributed by atoms with Crippen molar-refractivity contribution in [2.45, 2.75) is 33.7 Å².